The molecule has 0 aliphatic heterocycles. The lowest BCUT2D eigenvalue weighted by molar-refractivity contribution is 0.0975. The van der Waals surface area contributed by atoms with Gasteiger partial charge in [-0.2, -0.15) is 0 Å². The van der Waals surface area contributed by atoms with Crippen molar-refractivity contribution < 1.29 is 9.18 Å². The van der Waals surface area contributed by atoms with Crippen molar-refractivity contribution in [2.75, 3.05) is 0 Å². The van der Waals surface area contributed by atoms with Crippen LogP contribution in [0.3, 0.4) is 0 Å². The quantitative estimate of drug-likeness (QED) is 0.710. The molecule has 0 spiro atoms. The van der Waals surface area contributed by atoms with Crippen LogP contribution in [0.2, 0.25) is 5.02 Å². The van der Waals surface area contributed by atoms with Gasteiger partial charge >= 0.3 is 0 Å². The highest BCUT2D eigenvalue weighted by molar-refractivity contribution is 6.33. The van der Waals surface area contributed by atoms with E-state index in [1.54, 1.807) is 0 Å². The van der Waals surface area contributed by atoms with Gasteiger partial charge in [0.15, 0.2) is 5.78 Å². The summed E-state index contributed by atoms with van der Waals surface area (Å²) in [5, 5.41) is 0.198. The van der Waals surface area contributed by atoms with Gasteiger partial charge in [-0.1, -0.05) is 25.4 Å². The molecular formula is C12H14ClFO. The fourth-order valence-electron chi connectivity index (χ4n) is 1.27. The van der Waals surface area contributed by atoms with Gasteiger partial charge in [-0.05, 0) is 30.5 Å². The van der Waals surface area contributed by atoms with E-state index in [2.05, 4.69) is 13.8 Å². The smallest absolute Gasteiger partial charge is 0.164 e. The Kier molecular flexibility index (Phi) is 4.28. The van der Waals surface area contributed by atoms with Crippen LogP contribution < -0.4 is 0 Å². The van der Waals surface area contributed by atoms with Crippen LogP contribution in [0, 0.1) is 11.7 Å². The number of Topliss-reactive ketones (excluding diaryl/α,β-unsaturated/α-hetero) is 1. The van der Waals surface area contributed by atoms with Crippen molar-refractivity contribution in [3.63, 3.8) is 0 Å². The minimum atomic E-state index is -0.416. The van der Waals surface area contributed by atoms with Gasteiger partial charge in [-0.15, -0.1) is 0 Å². The predicted octanol–water partition coefficient (Wildman–Crippen LogP) is 4.10. The Morgan fingerprint density at radius 2 is 2.13 bits per heavy atom. The number of carbonyl (C=O) groups excluding carboxylic acids is 1. The van der Waals surface area contributed by atoms with Gasteiger partial charge in [0.05, 0.1) is 5.02 Å². The van der Waals surface area contributed by atoms with E-state index in [0.29, 0.717) is 17.9 Å². The van der Waals surface area contributed by atoms with Crippen molar-refractivity contribution in [1.29, 1.82) is 0 Å². The molecule has 0 aromatic heterocycles. The minimum absolute atomic E-state index is 0.0197. The van der Waals surface area contributed by atoms with E-state index in [1.807, 2.05) is 0 Å². The van der Waals surface area contributed by atoms with Crippen LogP contribution in [0.4, 0.5) is 4.39 Å². The van der Waals surface area contributed by atoms with E-state index in [9.17, 15) is 9.18 Å². The Bertz CT molecular complexity index is 361. The molecule has 0 radical (unpaired) electrons. The van der Waals surface area contributed by atoms with Crippen LogP contribution in [0.15, 0.2) is 18.2 Å². The van der Waals surface area contributed by atoms with Crippen LogP contribution in [0.5, 0.6) is 0 Å². The average molecular weight is 229 g/mol. The Morgan fingerprint density at radius 1 is 1.47 bits per heavy atom. The number of ketones is 1. The highest BCUT2D eigenvalue weighted by Gasteiger charge is 2.11. The second-order valence-electron chi connectivity index (χ2n) is 3.98. The van der Waals surface area contributed by atoms with Gasteiger partial charge in [0.2, 0.25) is 0 Å². The molecule has 0 aliphatic carbocycles. The molecule has 82 valence electrons. The standard InChI is InChI=1S/C12H14ClFO/c1-8(2)3-6-12(15)10-5-4-9(14)7-11(10)13/h4-5,7-8H,3,6H2,1-2H3. The fraction of sp³-hybridized carbons (Fsp3) is 0.417. The Balaban J connectivity index is 2.74. The van der Waals surface area contributed by atoms with Gasteiger partial charge in [0.25, 0.3) is 0 Å². The molecular weight excluding hydrogens is 215 g/mol. The molecule has 1 aromatic carbocycles. The Morgan fingerprint density at radius 3 is 2.67 bits per heavy atom. The lowest BCUT2D eigenvalue weighted by Gasteiger charge is -2.05. The van der Waals surface area contributed by atoms with Gasteiger partial charge in [0, 0.05) is 12.0 Å². The number of benzene rings is 1. The molecule has 0 bridgehead atoms. The predicted molar refractivity (Wildman–Crippen MR) is 59.8 cm³/mol. The molecule has 0 atom stereocenters. The summed E-state index contributed by atoms with van der Waals surface area (Å²) < 4.78 is 12.7. The number of carbonyl (C=O) groups is 1. The molecule has 0 unspecified atom stereocenters. The van der Waals surface area contributed by atoms with E-state index in [4.69, 9.17) is 11.6 Å². The molecule has 0 saturated heterocycles. The van der Waals surface area contributed by atoms with Crippen LogP contribution >= 0.6 is 11.6 Å². The maximum atomic E-state index is 12.7. The zero-order chi connectivity index (χ0) is 11.4. The van der Waals surface area contributed by atoms with Crippen molar-refractivity contribution in [2.24, 2.45) is 5.92 Å². The largest absolute Gasteiger partial charge is 0.294 e. The highest BCUT2D eigenvalue weighted by atomic mass is 35.5. The second-order valence-corrected chi connectivity index (χ2v) is 4.39. The maximum absolute atomic E-state index is 12.7. The van der Waals surface area contributed by atoms with Crippen LogP contribution in [-0.4, -0.2) is 5.78 Å². The average Bonchev–Trinajstić information content (AvgIpc) is 2.14. The number of halogens is 2. The lowest BCUT2D eigenvalue weighted by Crippen LogP contribution is -2.02. The first-order valence-electron chi connectivity index (χ1n) is 4.99. The van der Waals surface area contributed by atoms with Gasteiger partial charge in [0.1, 0.15) is 5.82 Å². The highest BCUT2D eigenvalue weighted by Crippen LogP contribution is 2.20. The molecule has 0 amide bonds. The maximum Gasteiger partial charge on any atom is 0.164 e. The van der Waals surface area contributed by atoms with E-state index >= 15 is 0 Å². The molecule has 0 saturated carbocycles. The monoisotopic (exact) mass is 228 g/mol. The first-order valence-corrected chi connectivity index (χ1v) is 5.36. The summed E-state index contributed by atoms with van der Waals surface area (Å²) >= 11 is 5.78. The zero-order valence-corrected chi connectivity index (χ0v) is 9.64. The van der Waals surface area contributed by atoms with Crippen LogP contribution in [0.1, 0.15) is 37.0 Å². The van der Waals surface area contributed by atoms with Crippen molar-refractivity contribution in [1.82, 2.24) is 0 Å². The van der Waals surface area contributed by atoms with E-state index < -0.39 is 5.82 Å². The molecule has 15 heavy (non-hydrogen) atoms. The summed E-state index contributed by atoms with van der Waals surface area (Å²) in [5.74, 6) is 0.0438. The normalized spacial score (nSPS) is 10.7. The SMILES string of the molecule is CC(C)CCC(=O)c1ccc(F)cc1Cl. The Labute approximate surface area is 94.3 Å². The third-order valence-electron chi connectivity index (χ3n) is 2.18. The molecule has 0 N–H and O–H groups in total. The first-order chi connectivity index (χ1) is 7.00. The Hall–Kier alpha value is -0.890. The third-order valence-corrected chi connectivity index (χ3v) is 2.49. The number of rotatable bonds is 4. The molecule has 1 nitrogen and oxygen atoms in total. The molecule has 0 fully saturated rings. The summed E-state index contributed by atoms with van der Waals surface area (Å²) in [6, 6.07) is 3.87. The molecule has 0 aliphatic rings. The molecule has 1 rings (SSSR count). The fourth-order valence-corrected chi connectivity index (χ4v) is 1.54. The third kappa shape index (κ3) is 3.63. The van der Waals surface area contributed by atoms with Gasteiger partial charge in [-0.25, -0.2) is 4.39 Å². The second kappa shape index (κ2) is 5.26. The van der Waals surface area contributed by atoms with Crippen LogP contribution in [0.25, 0.3) is 0 Å². The van der Waals surface area contributed by atoms with Gasteiger partial charge < -0.3 is 0 Å². The summed E-state index contributed by atoms with van der Waals surface area (Å²) in [6.07, 6.45) is 1.29. The van der Waals surface area contributed by atoms with E-state index in [1.165, 1.54) is 18.2 Å². The van der Waals surface area contributed by atoms with E-state index in [0.717, 1.165) is 6.42 Å². The minimum Gasteiger partial charge on any atom is -0.294 e. The molecule has 0 heterocycles. The lowest BCUT2D eigenvalue weighted by atomic mass is 10.0. The van der Waals surface area contributed by atoms with Crippen molar-refractivity contribution >= 4 is 17.4 Å². The van der Waals surface area contributed by atoms with E-state index in [-0.39, 0.29) is 10.8 Å². The number of hydrogen-bond acceptors (Lipinski definition) is 1. The first kappa shape index (κ1) is 12.2. The molecule has 1 aromatic rings. The number of hydrogen-bond donors (Lipinski definition) is 0. The summed E-state index contributed by atoms with van der Waals surface area (Å²) in [5.41, 5.74) is 0.415. The van der Waals surface area contributed by atoms with Gasteiger partial charge in [-0.3, -0.25) is 4.79 Å². The zero-order valence-electron chi connectivity index (χ0n) is 8.89. The van der Waals surface area contributed by atoms with Crippen molar-refractivity contribution in [3.05, 3.63) is 34.6 Å². The molecule has 3 heteroatoms. The summed E-state index contributed by atoms with van der Waals surface area (Å²) in [4.78, 5) is 11.7. The topological polar surface area (TPSA) is 17.1 Å². The summed E-state index contributed by atoms with van der Waals surface area (Å²) in [7, 11) is 0. The van der Waals surface area contributed by atoms with Crippen molar-refractivity contribution in [3.8, 4) is 0 Å². The van der Waals surface area contributed by atoms with Crippen molar-refractivity contribution in [2.45, 2.75) is 26.7 Å². The van der Waals surface area contributed by atoms with Crippen LogP contribution in [-0.2, 0) is 0 Å². The summed E-state index contributed by atoms with van der Waals surface area (Å²) in [6.45, 7) is 4.11.